The lowest BCUT2D eigenvalue weighted by Gasteiger charge is -2.11. The number of fused-ring (bicyclic) bond motifs is 1. The Bertz CT molecular complexity index is 991. The number of nitrogens with one attached hydrogen (secondary N) is 1. The van der Waals surface area contributed by atoms with Gasteiger partial charge in [-0.25, -0.2) is 9.97 Å². The Morgan fingerprint density at radius 2 is 1.48 bits per heavy atom. The van der Waals surface area contributed by atoms with E-state index in [4.69, 9.17) is 11.5 Å². The topological polar surface area (TPSA) is 106 Å². The van der Waals surface area contributed by atoms with Gasteiger partial charge in [0.15, 0.2) is 11.6 Å². The molecule has 6 heteroatoms. The molecule has 112 valence electrons. The predicted molar refractivity (Wildman–Crippen MR) is 91.4 cm³/mol. The van der Waals surface area contributed by atoms with E-state index in [-0.39, 0.29) is 11.6 Å². The first-order chi connectivity index (χ1) is 11.2. The fourth-order valence-electron chi connectivity index (χ4n) is 2.57. The van der Waals surface area contributed by atoms with Gasteiger partial charge in [0.25, 0.3) is 0 Å². The molecule has 1 aromatic carbocycles. The summed E-state index contributed by atoms with van der Waals surface area (Å²) in [7, 11) is 0. The molecular formula is C17H14N6. The van der Waals surface area contributed by atoms with Crippen molar-refractivity contribution < 1.29 is 0 Å². The maximum absolute atomic E-state index is 5.88. The van der Waals surface area contributed by atoms with E-state index in [0.29, 0.717) is 11.4 Å². The largest absolute Gasteiger partial charge is 0.381 e. The number of H-pyrrole nitrogens is 1. The van der Waals surface area contributed by atoms with Crippen LogP contribution in [0.2, 0.25) is 0 Å². The monoisotopic (exact) mass is 302 g/mol. The smallest absolute Gasteiger partial charge is 0.166 e. The Labute approximate surface area is 132 Å². The second kappa shape index (κ2) is 5.10. The molecule has 5 N–H and O–H groups in total. The highest BCUT2D eigenvalue weighted by molar-refractivity contribution is 5.88. The third-order valence-corrected chi connectivity index (χ3v) is 3.73. The van der Waals surface area contributed by atoms with E-state index in [1.807, 2.05) is 36.5 Å². The van der Waals surface area contributed by atoms with E-state index in [2.05, 4.69) is 26.0 Å². The number of hydrogen-bond donors (Lipinski definition) is 3. The van der Waals surface area contributed by atoms with Crippen LogP contribution in [-0.2, 0) is 0 Å². The van der Waals surface area contributed by atoms with Crippen molar-refractivity contribution >= 4 is 22.5 Å². The van der Waals surface area contributed by atoms with Crippen molar-refractivity contribution in [2.24, 2.45) is 0 Å². The molecule has 4 rings (SSSR count). The lowest BCUT2D eigenvalue weighted by Crippen LogP contribution is -2.04. The van der Waals surface area contributed by atoms with Gasteiger partial charge in [-0.15, -0.1) is 0 Å². The normalized spacial score (nSPS) is 11.0. The first-order valence-corrected chi connectivity index (χ1v) is 7.13. The van der Waals surface area contributed by atoms with Crippen molar-refractivity contribution in [1.82, 2.24) is 19.9 Å². The molecule has 0 saturated heterocycles. The summed E-state index contributed by atoms with van der Waals surface area (Å²) < 4.78 is 0. The molecule has 0 aliphatic rings. The van der Waals surface area contributed by atoms with E-state index in [0.717, 1.165) is 22.0 Å². The van der Waals surface area contributed by atoms with Crippen LogP contribution in [0.3, 0.4) is 0 Å². The fraction of sp³-hybridized carbons (Fsp3) is 0. The van der Waals surface area contributed by atoms with E-state index in [9.17, 15) is 0 Å². The van der Waals surface area contributed by atoms with Gasteiger partial charge in [-0.2, -0.15) is 0 Å². The van der Waals surface area contributed by atoms with Gasteiger partial charge in [0.05, 0.1) is 11.4 Å². The van der Waals surface area contributed by atoms with Crippen LogP contribution in [0.4, 0.5) is 11.6 Å². The fourth-order valence-corrected chi connectivity index (χ4v) is 2.57. The van der Waals surface area contributed by atoms with Gasteiger partial charge in [0.1, 0.15) is 0 Å². The number of aromatic nitrogens is 4. The van der Waals surface area contributed by atoms with Crippen molar-refractivity contribution in [2.45, 2.75) is 0 Å². The SMILES string of the molecule is Nc1nc(-c2ccncc2)c(-c2ccc3[nH]ccc3c2)nc1N. The van der Waals surface area contributed by atoms with Crippen molar-refractivity contribution in [3.05, 3.63) is 55.0 Å². The van der Waals surface area contributed by atoms with E-state index in [1.54, 1.807) is 12.4 Å². The van der Waals surface area contributed by atoms with Crippen molar-refractivity contribution in [3.8, 4) is 22.5 Å². The molecule has 0 spiro atoms. The molecule has 3 heterocycles. The van der Waals surface area contributed by atoms with E-state index >= 15 is 0 Å². The first-order valence-electron chi connectivity index (χ1n) is 7.13. The lowest BCUT2D eigenvalue weighted by atomic mass is 10.0. The van der Waals surface area contributed by atoms with E-state index in [1.165, 1.54) is 0 Å². The molecule has 23 heavy (non-hydrogen) atoms. The molecule has 0 bridgehead atoms. The van der Waals surface area contributed by atoms with Gasteiger partial charge in [-0.1, -0.05) is 6.07 Å². The minimum Gasteiger partial charge on any atom is -0.381 e. The van der Waals surface area contributed by atoms with Crippen LogP contribution in [0.5, 0.6) is 0 Å². The van der Waals surface area contributed by atoms with Gasteiger partial charge in [0, 0.05) is 40.6 Å². The minimum absolute atomic E-state index is 0.225. The number of nitrogen functional groups attached to an aromatic ring is 2. The molecular weight excluding hydrogens is 288 g/mol. The molecule has 0 aliphatic heterocycles. The Balaban J connectivity index is 1.98. The molecule has 0 unspecified atom stereocenters. The number of nitrogens with zero attached hydrogens (tertiary/aromatic N) is 3. The molecule has 4 aromatic rings. The molecule has 0 amide bonds. The molecule has 0 radical (unpaired) electrons. The van der Waals surface area contributed by atoms with Crippen LogP contribution < -0.4 is 11.5 Å². The highest BCUT2D eigenvalue weighted by Crippen LogP contribution is 2.32. The number of nitrogens with two attached hydrogens (primary N) is 2. The molecule has 6 nitrogen and oxygen atoms in total. The third-order valence-electron chi connectivity index (χ3n) is 3.73. The number of rotatable bonds is 2. The van der Waals surface area contributed by atoms with Crippen LogP contribution >= 0.6 is 0 Å². The summed E-state index contributed by atoms with van der Waals surface area (Å²) >= 11 is 0. The first kappa shape index (κ1) is 13.3. The summed E-state index contributed by atoms with van der Waals surface area (Å²) in [6, 6.07) is 11.8. The highest BCUT2D eigenvalue weighted by atomic mass is 15.0. The average Bonchev–Trinajstić information content (AvgIpc) is 3.05. The summed E-state index contributed by atoms with van der Waals surface area (Å²) in [6.07, 6.45) is 5.33. The number of hydrogen-bond acceptors (Lipinski definition) is 5. The Morgan fingerprint density at radius 1 is 0.783 bits per heavy atom. The summed E-state index contributed by atoms with van der Waals surface area (Å²) in [5, 5.41) is 1.10. The highest BCUT2D eigenvalue weighted by Gasteiger charge is 2.14. The summed E-state index contributed by atoms with van der Waals surface area (Å²) in [6.45, 7) is 0. The molecule has 0 atom stereocenters. The number of pyridine rings is 1. The zero-order valence-corrected chi connectivity index (χ0v) is 12.2. The van der Waals surface area contributed by atoms with Gasteiger partial charge in [0.2, 0.25) is 0 Å². The van der Waals surface area contributed by atoms with Crippen molar-refractivity contribution in [1.29, 1.82) is 0 Å². The van der Waals surface area contributed by atoms with E-state index < -0.39 is 0 Å². The van der Waals surface area contributed by atoms with Gasteiger partial charge in [-0.3, -0.25) is 4.98 Å². The Hall–Kier alpha value is -3.41. The second-order valence-electron chi connectivity index (χ2n) is 5.21. The van der Waals surface area contributed by atoms with Crippen LogP contribution in [0.1, 0.15) is 0 Å². The average molecular weight is 302 g/mol. The molecule has 3 aromatic heterocycles. The maximum Gasteiger partial charge on any atom is 0.166 e. The van der Waals surface area contributed by atoms with Gasteiger partial charge in [-0.05, 0) is 30.3 Å². The zero-order valence-electron chi connectivity index (χ0n) is 12.2. The Kier molecular flexibility index (Phi) is 2.94. The van der Waals surface area contributed by atoms with Crippen molar-refractivity contribution in [3.63, 3.8) is 0 Å². The summed E-state index contributed by atoms with van der Waals surface area (Å²) in [5.41, 5.74) is 16.0. The second-order valence-corrected chi connectivity index (χ2v) is 5.21. The standard InChI is InChI=1S/C17H14N6/c18-16-17(19)23-15(14(22-16)10-3-6-20-7-4-10)12-1-2-13-11(9-12)5-8-21-13/h1-9,21H,(H2,18,22)(H2,19,23). The van der Waals surface area contributed by atoms with Gasteiger partial charge >= 0.3 is 0 Å². The number of aromatic amines is 1. The maximum atomic E-state index is 5.88. The quantitative estimate of drug-likeness (QED) is 0.528. The van der Waals surface area contributed by atoms with Crippen LogP contribution in [-0.4, -0.2) is 19.9 Å². The zero-order chi connectivity index (χ0) is 15.8. The number of benzene rings is 1. The minimum atomic E-state index is 0.225. The number of anilines is 2. The van der Waals surface area contributed by atoms with Crippen LogP contribution in [0.25, 0.3) is 33.4 Å². The lowest BCUT2D eigenvalue weighted by molar-refractivity contribution is 1.22. The molecule has 0 aliphatic carbocycles. The summed E-state index contributed by atoms with van der Waals surface area (Å²) in [4.78, 5) is 16.1. The van der Waals surface area contributed by atoms with Crippen LogP contribution in [0, 0.1) is 0 Å². The summed E-state index contributed by atoms with van der Waals surface area (Å²) in [5.74, 6) is 0.454. The molecule has 0 fully saturated rings. The third kappa shape index (κ3) is 2.26. The van der Waals surface area contributed by atoms with Crippen molar-refractivity contribution in [2.75, 3.05) is 11.5 Å². The Morgan fingerprint density at radius 3 is 2.22 bits per heavy atom. The predicted octanol–water partition coefficient (Wildman–Crippen LogP) is 2.85. The molecule has 0 saturated carbocycles. The van der Waals surface area contributed by atoms with Gasteiger partial charge < -0.3 is 16.5 Å². The van der Waals surface area contributed by atoms with Crippen LogP contribution in [0.15, 0.2) is 55.0 Å².